The zero-order valence-corrected chi connectivity index (χ0v) is 13.8. The second kappa shape index (κ2) is 7.98. The summed E-state index contributed by atoms with van der Waals surface area (Å²) in [6.45, 7) is 11.1. The van der Waals surface area contributed by atoms with E-state index < -0.39 is 0 Å². The van der Waals surface area contributed by atoms with Crippen LogP contribution in [0, 0.1) is 5.92 Å². The SMILES string of the molecule is CCCc1cc(C(=O)N(CC(C)C)C(C)C)cc(NN)n1. The third-order valence-corrected chi connectivity index (χ3v) is 3.23. The number of aromatic nitrogens is 1. The molecular weight excluding hydrogens is 264 g/mol. The van der Waals surface area contributed by atoms with Crippen molar-refractivity contribution in [2.24, 2.45) is 11.8 Å². The van der Waals surface area contributed by atoms with Crippen LogP contribution in [0.1, 0.15) is 57.1 Å². The molecule has 0 aliphatic carbocycles. The van der Waals surface area contributed by atoms with Gasteiger partial charge in [0.25, 0.3) is 5.91 Å². The number of nitrogen functional groups attached to an aromatic ring is 1. The number of nitrogens with one attached hydrogen (secondary N) is 1. The van der Waals surface area contributed by atoms with Crippen molar-refractivity contribution in [3.8, 4) is 0 Å². The Morgan fingerprint density at radius 2 is 2.00 bits per heavy atom. The maximum Gasteiger partial charge on any atom is 0.254 e. The fraction of sp³-hybridized carbons (Fsp3) is 0.625. The first kappa shape index (κ1) is 17.4. The van der Waals surface area contributed by atoms with Gasteiger partial charge in [-0.25, -0.2) is 10.8 Å². The molecule has 0 bridgehead atoms. The van der Waals surface area contributed by atoms with Gasteiger partial charge in [-0.1, -0.05) is 27.2 Å². The molecule has 1 heterocycles. The van der Waals surface area contributed by atoms with Crippen LogP contribution in [0.15, 0.2) is 12.1 Å². The highest BCUT2D eigenvalue weighted by Gasteiger charge is 2.20. The molecule has 5 heteroatoms. The number of nitrogens with two attached hydrogens (primary N) is 1. The fourth-order valence-corrected chi connectivity index (χ4v) is 2.26. The number of hydrazine groups is 1. The van der Waals surface area contributed by atoms with E-state index in [0.29, 0.717) is 17.3 Å². The lowest BCUT2D eigenvalue weighted by Gasteiger charge is -2.28. The van der Waals surface area contributed by atoms with Gasteiger partial charge in [-0.2, -0.15) is 0 Å². The molecule has 21 heavy (non-hydrogen) atoms. The minimum atomic E-state index is 0.0370. The summed E-state index contributed by atoms with van der Waals surface area (Å²) in [6.07, 6.45) is 1.82. The summed E-state index contributed by atoms with van der Waals surface area (Å²) in [5.41, 5.74) is 4.09. The van der Waals surface area contributed by atoms with Crippen molar-refractivity contribution in [1.82, 2.24) is 9.88 Å². The molecule has 3 N–H and O–H groups in total. The number of anilines is 1. The summed E-state index contributed by atoms with van der Waals surface area (Å²) in [6, 6.07) is 3.76. The van der Waals surface area contributed by atoms with E-state index in [9.17, 15) is 4.79 Å². The Balaban J connectivity index is 3.10. The van der Waals surface area contributed by atoms with Crippen molar-refractivity contribution in [1.29, 1.82) is 0 Å². The first-order chi connectivity index (χ1) is 9.88. The second-order valence-electron chi connectivity index (χ2n) is 6.07. The Hall–Kier alpha value is -1.62. The lowest BCUT2D eigenvalue weighted by atomic mass is 10.1. The van der Waals surface area contributed by atoms with E-state index in [1.165, 1.54) is 0 Å². The zero-order chi connectivity index (χ0) is 16.0. The molecule has 1 aromatic heterocycles. The predicted molar refractivity (Wildman–Crippen MR) is 87.1 cm³/mol. The highest BCUT2D eigenvalue weighted by Crippen LogP contribution is 2.16. The van der Waals surface area contributed by atoms with E-state index in [4.69, 9.17) is 5.84 Å². The predicted octanol–water partition coefficient (Wildman–Crippen LogP) is 2.83. The van der Waals surface area contributed by atoms with Crippen LogP contribution in [-0.2, 0) is 6.42 Å². The number of carbonyl (C=O) groups is 1. The Morgan fingerprint density at radius 1 is 1.33 bits per heavy atom. The molecule has 118 valence electrons. The minimum absolute atomic E-state index is 0.0370. The molecular formula is C16H28N4O. The van der Waals surface area contributed by atoms with Crippen molar-refractivity contribution in [3.05, 3.63) is 23.4 Å². The number of hydrogen-bond donors (Lipinski definition) is 2. The number of aryl methyl sites for hydroxylation is 1. The lowest BCUT2D eigenvalue weighted by Crippen LogP contribution is -2.39. The van der Waals surface area contributed by atoms with Crippen LogP contribution in [0.5, 0.6) is 0 Å². The minimum Gasteiger partial charge on any atom is -0.336 e. The van der Waals surface area contributed by atoms with Crippen molar-refractivity contribution >= 4 is 11.7 Å². The van der Waals surface area contributed by atoms with Crippen molar-refractivity contribution in [3.63, 3.8) is 0 Å². The van der Waals surface area contributed by atoms with Gasteiger partial charge in [-0.15, -0.1) is 0 Å². The average molecular weight is 292 g/mol. The molecule has 0 aromatic carbocycles. The Kier molecular flexibility index (Phi) is 6.62. The van der Waals surface area contributed by atoms with Crippen LogP contribution in [0.3, 0.4) is 0 Å². The number of hydrogen-bond acceptors (Lipinski definition) is 4. The molecule has 0 aliphatic heterocycles. The number of rotatable bonds is 7. The molecule has 1 rings (SSSR count). The number of amides is 1. The highest BCUT2D eigenvalue weighted by molar-refractivity contribution is 5.95. The number of carbonyl (C=O) groups excluding carboxylic acids is 1. The topological polar surface area (TPSA) is 71.2 Å². The van der Waals surface area contributed by atoms with E-state index in [2.05, 4.69) is 31.2 Å². The molecule has 1 aromatic rings. The molecule has 0 atom stereocenters. The maximum atomic E-state index is 12.8. The summed E-state index contributed by atoms with van der Waals surface area (Å²) in [4.78, 5) is 19.1. The fourth-order valence-electron chi connectivity index (χ4n) is 2.26. The van der Waals surface area contributed by atoms with Crippen LogP contribution >= 0.6 is 0 Å². The van der Waals surface area contributed by atoms with E-state index in [1.807, 2.05) is 24.8 Å². The smallest absolute Gasteiger partial charge is 0.254 e. The Morgan fingerprint density at radius 3 is 2.48 bits per heavy atom. The first-order valence-corrected chi connectivity index (χ1v) is 7.67. The summed E-state index contributed by atoms with van der Waals surface area (Å²) in [5, 5.41) is 0. The highest BCUT2D eigenvalue weighted by atomic mass is 16.2. The van der Waals surface area contributed by atoms with Crippen molar-refractivity contribution < 1.29 is 4.79 Å². The van der Waals surface area contributed by atoms with Crippen LogP contribution in [0.2, 0.25) is 0 Å². The van der Waals surface area contributed by atoms with Gasteiger partial charge in [0.2, 0.25) is 0 Å². The van der Waals surface area contributed by atoms with Gasteiger partial charge in [0.1, 0.15) is 5.82 Å². The molecule has 0 saturated heterocycles. The molecule has 0 saturated carbocycles. The maximum absolute atomic E-state index is 12.8. The average Bonchev–Trinajstić information content (AvgIpc) is 2.43. The van der Waals surface area contributed by atoms with Gasteiger partial charge in [0.05, 0.1) is 0 Å². The first-order valence-electron chi connectivity index (χ1n) is 7.67. The van der Waals surface area contributed by atoms with Gasteiger partial charge in [0.15, 0.2) is 0 Å². The van der Waals surface area contributed by atoms with Crippen molar-refractivity contribution in [2.45, 2.75) is 53.5 Å². The zero-order valence-electron chi connectivity index (χ0n) is 13.8. The summed E-state index contributed by atoms with van der Waals surface area (Å²) in [5.74, 6) is 6.47. The van der Waals surface area contributed by atoms with Crippen LogP contribution in [-0.4, -0.2) is 28.4 Å². The molecule has 0 radical (unpaired) electrons. The van der Waals surface area contributed by atoms with Gasteiger partial charge in [-0.05, 0) is 38.3 Å². The van der Waals surface area contributed by atoms with E-state index in [1.54, 1.807) is 6.07 Å². The second-order valence-corrected chi connectivity index (χ2v) is 6.07. The van der Waals surface area contributed by atoms with Gasteiger partial charge < -0.3 is 10.3 Å². The molecule has 0 aliphatic rings. The van der Waals surface area contributed by atoms with Gasteiger partial charge >= 0.3 is 0 Å². The molecule has 0 fully saturated rings. The summed E-state index contributed by atoms with van der Waals surface area (Å²) in [7, 11) is 0. The molecule has 0 unspecified atom stereocenters. The van der Waals surface area contributed by atoms with E-state index in [0.717, 1.165) is 25.1 Å². The van der Waals surface area contributed by atoms with Crippen LogP contribution in [0.4, 0.5) is 5.82 Å². The quantitative estimate of drug-likeness (QED) is 0.599. The summed E-state index contributed by atoms with van der Waals surface area (Å²) < 4.78 is 0. The van der Waals surface area contributed by atoms with E-state index in [-0.39, 0.29) is 11.9 Å². The number of nitrogens with zero attached hydrogens (tertiary/aromatic N) is 2. The van der Waals surface area contributed by atoms with Gasteiger partial charge in [-0.3, -0.25) is 4.79 Å². The number of pyridine rings is 1. The van der Waals surface area contributed by atoms with Crippen LogP contribution < -0.4 is 11.3 Å². The van der Waals surface area contributed by atoms with E-state index >= 15 is 0 Å². The third-order valence-electron chi connectivity index (χ3n) is 3.23. The normalized spacial score (nSPS) is 11.0. The van der Waals surface area contributed by atoms with Crippen LogP contribution in [0.25, 0.3) is 0 Å². The monoisotopic (exact) mass is 292 g/mol. The molecule has 1 amide bonds. The van der Waals surface area contributed by atoms with Gasteiger partial charge in [0, 0.05) is 23.8 Å². The Bertz CT molecular complexity index is 471. The standard InChI is InChI=1S/C16H28N4O/c1-6-7-14-8-13(9-15(18-14)19-17)16(21)20(12(4)5)10-11(2)3/h8-9,11-12H,6-7,10,17H2,1-5H3,(H,18,19). The lowest BCUT2D eigenvalue weighted by molar-refractivity contribution is 0.0681. The Labute approximate surface area is 127 Å². The third kappa shape index (κ3) is 5.01. The van der Waals surface area contributed by atoms with Crippen molar-refractivity contribution in [2.75, 3.05) is 12.0 Å². The summed E-state index contributed by atoms with van der Waals surface area (Å²) >= 11 is 0. The largest absolute Gasteiger partial charge is 0.336 e. The molecule has 5 nitrogen and oxygen atoms in total. The molecule has 0 spiro atoms.